The van der Waals surface area contributed by atoms with E-state index >= 15 is 0 Å². The van der Waals surface area contributed by atoms with Crippen LogP contribution in [0.3, 0.4) is 0 Å². The minimum absolute atomic E-state index is 0.0195. The van der Waals surface area contributed by atoms with Gasteiger partial charge in [-0.05, 0) is 55.3 Å². The molecule has 0 unspecified atom stereocenters. The smallest absolute Gasteiger partial charge is 0.338 e. The quantitative estimate of drug-likeness (QED) is 0.454. The molecule has 0 aromatic heterocycles. The molecule has 1 aliphatic heterocycles. The predicted octanol–water partition coefficient (Wildman–Crippen LogP) is 4.40. The molecule has 0 aliphatic carbocycles. The zero-order valence-electron chi connectivity index (χ0n) is 15.6. The van der Waals surface area contributed by atoms with E-state index in [1.54, 1.807) is 18.2 Å². The second-order valence-corrected chi connectivity index (χ2v) is 9.33. The maximum absolute atomic E-state index is 12.6. The van der Waals surface area contributed by atoms with Crippen LogP contribution in [-0.2, 0) is 14.8 Å². The molecule has 156 valence electrons. The molecule has 3 rings (SSSR count). The fourth-order valence-electron chi connectivity index (χ4n) is 2.98. The van der Waals surface area contributed by atoms with Gasteiger partial charge in [0.25, 0.3) is 0 Å². The van der Waals surface area contributed by atoms with Crippen LogP contribution >= 0.6 is 23.2 Å². The van der Waals surface area contributed by atoms with Crippen LogP contribution in [0.25, 0.3) is 0 Å². The van der Waals surface area contributed by atoms with E-state index in [1.165, 1.54) is 28.6 Å². The van der Waals surface area contributed by atoms with Crippen LogP contribution in [0.4, 0.5) is 0 Å². The zero-order valence-corrected chi connectivity index (χ0v) is 18.0. The van der Waals surface area contributed by atoms with Crippen LogP contribution < -0.4 is 4.74 Å². The Morgan fingerprint density at radius 1 is 0.966 bits per heavy atom. The summed E-state index contributed by atoms with van der Waals surface area (Å²) >= 11 is 11.8. The summed E-state index contributed by atoms with van der Waals surface area (Å²) in [5, 5.41) is 0.869. The number of hydrogen-bond donors (Lipinski definition) is 0. The fraction of sp³-hybridized carbons (Fsp3) is 0.350. The Balaban J connectivity index is 1.52. The number of carbonyl (C=O) groups excluding carboxylic acids is 1. The Labute approximate surface area is 180 Å². The lowest BCUT2D eigenvalue weighted by molar-refractivity contribution is 0.0450. The van der Waals surface area contributed by atoms with E-state index in [2.05, 4.69) is 0 Å². The maximum Gasteiger partial charge on any atom is 0.338 e. The van der Waals surface area contributed by atoms with Gasteiger partial charge < -0.3 is 9.47 Å². The topological polar surface area (TPSA) is 72.9 Å². The van der Waals surface area contributed by atoms with Gasteiger partial charge in [-0.3, -0.25) is 0 Å². The molecule has 0 saturated carbocycles. The summed E-state index contributed by atoms with van der Waals surface area (Å²) < 4.78 is 37.4. The average molecular weight is 458 g/mol. The van der Waals surface area contributed by atoms with Gasteiger partial charge in [-0.25, -0.2) is 13.2 Å². The maximum atomic E-state index is 12.6. The first-order valence-corrected chi connectivity index (χ1v) is 11.4. The largest absolute Gasteiger partial charge is 0.488 e. The number of hydrogen-bond acceptors (Lipinski definition) is 5. The summed E-state index contributed by atoms with van der Waals surface area (Å²) in [6.45, 7) is 1.20. The number of piperidine rings is 1. The van der Waals surface area contributed by atoms with Gasteiger partial charge in [0.1, 0.15) is 19.0 Å². The average Bonchev–Trinajstić information content (AvgIpc) is 2.73. The van der Waals surface area contributed by atoms with Crippen molar-refractivity contribution < 1.29 is 22.7 Å². The molecule has 0 radical (unpaired) electrons. The highest BCUT2D eigenvalue weighted by Crippen LogP contribution is 2.27. The molecule has 1 saturated heterocycles. The summed E-state index contributed by atoms with van der Waals surface area (Å²) in [5.41, 5.74) is 0.270. The van der Waals surface area contributed by atoms with E-state index in [1.807, 2.05) is 0 Å². The van der Waals surface area contributed by atoms with Gasteiger partial charge in [0.05, 0.1) is 15.5 Å². The van der Waals surface area contributed by atoms with Gasteiger partial charge in [0.15, 0.2) is 0 Å². The summed E-state index contributed by atoms with van der Waals surface area (Å²) in [6.07, 6.45) is 2.78. The Kier molecular flexibility index (Phi) is 7.40. The van der Waals surface area contributed by atoms with Gasteiger partial charge in [0.2, 0.25) is 10.0 Å². The van der Waals surface area contributed by atoms with Crippen LogP contribution in [0, 0.1) is 0 Å². The van der Waals surface area contributed by atoms with Gasteiger partial charge in [-0.15, -0.1) is 0 Å². The number of ether oxygens (including phenoxy) is 2. The van der Waals surface area contributed by atoms with Gasteiger partial charge in [-0.1, -0.05) is 29.6 Å². The molecule has 1 aliphatic rings. The number of sulfonamides is 1. The van der Waals surface area contributed by atoms with Crippen LogP contribution in [-0.4, -0.2) is 45.0 Å². The molecule has 1 fully saturated rings. The summed E-state index contributed by atoms with van der Waals surface area (Å²) in [5.74, 6) is -0.114. The van der Waals surface area contributed by atoms with Crippen molar-refractivity contribution in [3.8, 4) is 5.75 Å². The summed E-state index contributed by atoms with van der Waals surface area (Å²) in [7, 11) is -3.52. The first kappa shape index (κ1) is 21.9. The lowest BCUT2D eigenvalue weighted by Gasteiger charge is -2.25. The van der Waals surface area contributed by atoms with Crippen LogP contribution in [0.1, 0.15) is 29.6 Å². The van der Waals surface area contributed by atoms with E-state index in [0.29, 0.717) is 28.9 Å². The van der Waals surface area contributed by atoms with Crippen LogP contribution in [0.15, 0.2) is 47.4 Å². The Bertz CT molecular complexity index is 957. The van der Waals surface area contributed by atoms with Crippen molar-refractivity contribution in [2.45, 2.75) is 24.2 Å². The standard InChI is InChI=1S/C20H21Cl2NO5S/c21-16-6-9-19(18(22)14-16)27-12-13-28-20(24)15-4-7-17(8-5-15)29(25,26)23-10-2-1-3-11-23/h4-9,14H,1-3,10-13H2. The van der Waals surface area contributed by atoms with Crippen LogP contribution in [0.2, 0.25) is 10.0 Å². The molecule has 0 amide bonds. The van der Waals surface area contributed by atoms with Gasteiger partial charge in [-0.2, -0.15) is 4.31 Å². The molecule has 2 aromatic rings. The van der Waals surface area contributed by atoms with E-state index < -0.39 is 16.0 Å². The third kappa shape index (κ3) is 5.63. The van der Waals surface area contributed by atoms with Crippen molar-refractivity contribution in [3.05, 3.63) is 58.1 Å². The highest BCUT2D eigenvalue weighted by molar-refractivity contribution is 7.89. The summed E-state index contributed by atoms with van der Waals surface area (Å²) in [4.78, 5) is 12.3. The number of carbonyl (C=O) groups is 1. The molecule has 29 heavy (non-hydrogen) atoms. The van der Waals surface area contributed by atoms with Crippen molar-refractivity contribution in [2.24, 2.45) is 0 Å². The Hall–Kier alpha value is -1.80. The Morgan fingerprint density at radius 3 is 2.31 bits per heavy atom. The van der Waals surface area contributed by atoms with Gasteiger partial charge in [0, 0.05) is 18.1 Å². The highest BCUT2D eigenvalue weighted by Gasteiger charge is 2.26. The Morgan fingerprint density at radius 2 is 1.66 bits per heavy atom. The normalized spacial score (nSPS) is 15.1. The molecule has 6 nitrogen and oxygen atoms in total. The lowest BCUT2D eigenvalue weighted by Crippen LogP contribution is -2.35. The number of esters is 1. The number of benzene rings is 2. The number of halogens is 2. The van der Waals surface area contributed by atoms with E-state index in [0.717, 1.165) is 19.3 Å². The first-order valence-electron chi connectivity index (χ1n) is 9.23. The molecule has 9 heteroatoms. The minimum atomic E-state index is -3.52. The molecule has 2 aromatic carbocycles. The summed E-state index contributed by atoms with van der Waals surface area (Å²) in [6, 6.07) is 10.6. The third-order valence-corrected chi connectivity index (χ3v) is 6.95. The monoisotopic (exact) mass is 457 g/mol. The van der Waals surface area contributed by atoms with E-state index in [-0.39, 0.29) is 23.7 Å². The minimum Gasteiger partial charge on any atom is -0.488 e. The van der Waals surface area contributed by atoms with Crippen molar-refractivity contribution in [3.63, 3.8) is 0 Å². The molecule has 0 bridgehead atoms. The van der Waals surface area contributed by atoms with E-state index in [9.17, 15) is 13.2 Å². The van der Waals surface area contributed by atoms with Crippen LogP contribution in [0.5, 0.6) is 5.75 Å². The van der Waals surface area contributed by atoms with Crippen molar-refractivity contribution >= 4 is 39.2 Å². The zero-order chi connectivity index (χ0) is 20.9. The number of rotatable bonds is 7. The predicted molar refractivity (Wildman–Crippen MR) is 111 cm³/mol. The first-order chi connectivity index (χ1) is 13.9. The second-order valence-electron chi connectivity index (χ2n) is 6.55. The second kappa shape index (κ2) is 9.80. The molecule has 0 atom stereocenters. The number of nitrogens with zero attached hydrogens (tertiary/aromatic N) is 1. The SMILES string of the molecule is O=C(OCCOc1ccc(Cl)cc1Cl)c1ccc(S(=O)(=O)N2CCCCC2)cc1. The molecule has 1 heterocycles. The van der Waals surface area contributed by atoms with Crippen molar-refractivity contribution in [1.29, 1.82) is 0 Å². The molecule has 0 N–H and O–H groups in total. The molecular weight excluding hydrogens is 437 g/mol. The van der Waals surface area contributed by atoms with Crippen molar-refractivity contribution in [2.75, 3.05) is 26.3 Å². The molecule has 0 spiro atoms. The molecular formula is C20H21Cl2NO5S. The third-order valence-electron chi connectivity index (χ3n) is 4.51. The lowest BCUT2D eigenvalue weighted by atomic mass is 10.2. The fourth-order valence-corrected chi connectivity index (χ4v) is 4.96. The van der Waals surface area contributed by atoms with E-state index in [4.69, 9.17) is 32.7 Å². The van der Waals surface area contributed by atoms with Gasteiger partial charge >= 0.3 is 5.97 Å². The highest BCUT2D eigenvalue weighted by atomic mass is 35.5. The van der Waals surface area contributed by atoms with Crippen molar-refractivity contribution in [1.82, 2.24) is 4.31 Å².